The molecule has 0 saturated heterocycles. The van der Waals surface area contributed by atoms with Crippen molar-refractivity contribution in [1.82, 2.24) is 20.4 Å². The van der Waals surface area contributed by atoms with Crippen LogP contribution >= 0.6 is 0 Å². The molecule has 1 aliphatic carbocycles. The largest absolute Gasteiger partial charge is 0.484 e. The Bertz CT molecular complexity index is 1200. The molecule has 156 valence electrons. The number of hydrogen-bond acceptors (Lipinski definition) is 6. The zero-order valence-corrected chi connectivity index (χ0v) is 16.8. The van der Waals surface area contributed by atoms with Crippen LogP contribution in [-0.4, -0.2) is 26.3 Å². The summed E-state index contributed by atoms with van der Waals surface area (Å²) in [5.74, 6) is 1.18. The molecule has 2 aromatic carbocycles. The number of aromatic amines is 1. The average molecular weight is 415 g/mol. The van der Waals surface area contributed by atoms with E-state index in [1.165, 1.54) is 0 Å². The number of aromatic nitrogens is 4. The standard InChI is InChI=1S/C23H21N5O3/c29-22(21-18-11-4-5-12-19(18)25-27-21)24-16-9-6-10-17(13-16)30-14-20-26-28-23(31-20)15-7-2-1-3-8-15/h1-3,6-10,13H,4-5,11-12,14H2,(H,24,29)(H,25,27). The Kier molecular flexibility index (Phi) is 5.18. The molecule has 4 aromatic rings. The van der Waals surface area contributed by atoms with Gasteiger partial charge in [0.15, 0.2) is 12.3 Å². The molecule has 0 aliphatic heterocycles. The summed E-state index contributed by atoms with van der Waals surface area (Å²) in [6, 6.07) is 16.7. The molecule has 0 bridgehead atoms. The molecular weight excluding hydrogens is 394 g/mol. The number of anilines is 1. The smallest absolute Gasteiger partial charge is 0.276 e. The predicted molar refractivity (Wildman–Crippen MR) is 114 cm³/mol. The van der Waals surface area contributed by atoms with Gasteiger partial charge in [-0.1, -0.05) is 24.3 Å². The number of aryl methyl sites for hydroxylation is 1. The van der Waals surface area contributed by atoms with Gasteiger partial charge in [0.1, 0.15) is 5.75 Å². The van der Waals surface area contributed by atoms with E-state index in [4.69, 9.17) is 9.15 Å². The number of carbonyl (C=O) groups is 1. The molecule has 1 amide bonds. The molecule has 0 spiro atoms. The fourth-order valence-corrected chi connectivity index (χ4v) is 3.68. The Balaban J connectivity index is 1.23. The number of ether oxygens (including phenoxy) is 1. The third-order valence-corrected chi connectivity index (χ3v) is 5.21. The fraction of sp³-hybridized carbons (Fsp3) is 0.217. The Morgan fingerprint density at radius 1 is 1.06 bits per heavy atom. The van der Waals surface area contributed by atoms with Gasteiger partial charge in [-0.15, -0.1) is 10.2 Å². The minimum absolute atomic E-state index is 0.129. The van der Waals surface area contributed by atoms with Crippen LogP contribution in [0.25, 0.3) is 11.5 Å². The maximum absolute atomic E-state index is 12.7. The number of benzene rings is 2. The van der Waals surface area contributed by atoms with E-state index < -0.39 is 0 Å². The Labute approximate surface area is 178 Å². The molecular formula is C23H21N5O3. The number of nitrogens with one attached hydrogen (secondary N) is 2. The molecule has 1 aliphatic rings. The molecule has 8 heteroatoms. The summed E-state index contributed by atoms with van der Waals surface area (Å²) < 4.78 is 11.4. The van der Waals surface area contributed by atoms with E-state index in [0.717, 1.165) is 42.5 Å². The van der Waals surface area contributed by atoms with Crippen LogP contribution in [-0.2, 0) is 19.4 Å². The number of fused-ring (bicyclic) bond motifs is 1. The molecule has 31 heavy (non-hydrogen) atoms. The van der Waals surface area contributed by atoms with Crippen molar-refractivity contribution in [3.63, 3.8) is 0 Å². The lowest BCUT2D eigenvalue weighted by atomic mass is 9.96. The fourth-order valence-electron chi connectivity index (χ4n) is 3.68. The molecule has 0 atom stereocenters. The number of hydrogen-bond donors (Lipinski definition) is 2. The third-order valence-electron chi connectivity index (χ3n) is 5.21. The van der Waals surface area contributed by atoms with Crippen LogP contribution in [0.15, 0.2) is 59.0 Å². The van der Waals surface area contributed by atoms with Gasteiger partial charge in [0, 0.05) is 28.6 Å². The van der Waals surface area contributed by atoms with Gasteiger partial charge in [0.25, 0.3) is 11.8 Å². The summed E-state index contributed by atoms with van der Waals surface area (Å²) in [5, 5.41) is 18.2. The molecule has 2 aromatic heterocycles. The van der Waals surface area contributed by atoms with Crippen molar-refractivity contribution in [2.75, 3.05) is 5.32 Å². The van der Waals surface area contributed by atoms with Gasteiger partial charge in [-0.25, -0.2) is 0 Å². The molecule has 0 saturated carbocycles. The van der Waals surface area contributed by atoms with Gasteiger partial charge in [-0.3, -0.25) is 9.89 Å². The van der Waals surface area contributed by atoms with Gasteiger partial charge in [0.2, 0.25) is 5.89 Å². The number of H-pyrrole nitrogens is 1. The minimum Gasteiger partial charge on any atom is -0.484 e. The second-order valence-electron chi connectivity index (χ2n) is 7.37. The van der Waals surface area contributed by atoms with Crippen molar-refractivity contribution in [2.45, 2.75) is 32.3 Å². The predicted octanol–water partition coefficient (Wildman–Crippen LogP) is 4.17. The van der Waals surface area contributed by atoms with Gasteiger partial charge >= 0.3 is 0 Å². The van der Waals surface area contributed by atoms with Crippen LogP contribution in [0.5, 0.6) is 5.75 Å². The zero-order valence-electron chi connectivity index (χ0n) is 16.8. The van der Waals surface area contributed by atoms with Crippen LogP contribution in [0.3, 0.4) is 0 Å². The SMILES string of the molecule is O=C(Nc1cccc(OCc2nnc(-c3ccccc3)o2)c1)c1n[nH]c2c1CCCC2. The molecule has 0 radical (unpaired) electrons. The number of amides is 1. The highest BCUT2D eigenvalue weighted by molar-refractivity contribution is 6.04. The van der Waals surface area contributed by atoms with Crippen molar-refractivity contribution >= 4 is 11.6 Å². The maximum atomic E-state index is 12.7. The molecule has 5 rings (SSSR count). The molecule has 2 heterocycles. The van der Waals surface area contributed by atoms with E-state index in [2.05, 4.69) is 25.7 Å². The van der Waals surface area contributed by atoms with E-state index in [1.807, 2.05) is 42.5 Å². The minimum atomic E-state index is -0.221. The van der Waals surface area contributed by atoms with Crippen molar-refractivity contribution < 1.29 is 13.9 Å². The summed E-state index contributed by atoms with van der Waals surface area (Å²) in [6.45, 7) is 0.129. The van der Waals surface area contributed by atoms with E-state index in [-0.39, 0.29) is 12.5 Å². The van der Waals surface area contributed by atoms with Crippen LogP contribution < -0.4 is 10.1 Å². The quantitative estimate of drug-likeness (QED) is 0.490. The monoisotopic (exact) mass is 415 g/mol. The first-order valence-electron chi connectivity index (χ1n) is 10.2. The van der Waals surface area contributed by atoms with E-state index in [0.29, 0.717) is 28.9 Å². The van der Waals surface area contributed by atoms with Gasteiger partial charge in [-0.2, -0.15) is 5.10 Å². The Morgan fingerprint density at radius 3 is 2.84 bits per heavy atom. The van der Waals surface area contributed by atoms with Crippen LogP contribution in [0, 0.1) is 0 Å². The van der Waals surface area contributed by atoms with Gasteiger partial charge in [-0.05, 0) is 49.9 Å². The van der Waals surface area contributed by atoms with E-state index in [9.17, 15) is 4.79 Å². The van der Waals surface area contributed by atoms with Crippen LogP contribution in [0.2, 0.25) is 0 Å². The highest BCUT2D eigenvalue weighted by Crippen LogP contribution is 2.24. The maximum Gasteiger partial charge on any atom is 0.276 e. The first kappa shape index (κ1) is 19.0. The Morgan fingerprint density at radius 2 is 1.94 bits per heavy atom. The van der Waals surface area contributed by atoms with Crippen LogP contribution in [0.1, 0.15) is 40.5 Å². The van der Waals surface area contributed by atoms with E-state index >= 15 is 0 Å². The molecule has 0 fully saturated rings. The van der Waals surface area contributed by atoms with Gasteiger partial charge < -0.3 is 14.5 Å². The lowest BCUT2D eigenvalue weighted by molar-refractivity contribution is 0.102. The lowest BCUT2D eigenvalue weighted by Crippen LogP contribution is -2.15. The summed E-state index contributed by atoms with van der Waals surface area (Å²) in [7, 11) is 0. The highest BCUT2D eigenvalue weighted by Gasteiger charge is 2.21. The molecule has 0 unspecified atom stereocenters. The third kappa shape index (κ3) is 4.18. The van der Waals surface area contributed by atoms with E-state index in [1.54, 1.807) is 12.1 Å². The Hall–Kier alpha value is -3.94. The number of rotatable bonds is 6. The first-order valence-corrected chi connectivity index (χ1v) is 10.2. The average Bonchev–Trinajstić information content (AvgIpc) is 3.46. The van der Waals surface area contributed by atoms with Gasteiger partial charge in [0.05, 0.1) is 0 Å². The normalized spacial score (nSPS) is 12.9. The molecule has 2 N–H and O–H groups in total. The van der Waals surface area contributed by atoms with Crippen LogP contribution in [0.4, 0.5) is 5.69 Å². The number of nitrogens with zero attached hydrogens (tertiary/aromatic N) is 3. The summed E-state index contributed by atoms with van der Waals surface area (Å²) in [6.07, 6.45) is 4.04. The second-order valence-corrected chi connectivity index (χ2v) is 7.37. The summed E-state index contributed by atoms with van der Waals surface area (Å²) in [4.78, 5) is 12.7. The number of carbonyl (C=O) groups excluding carboxylic acids is 1. The lowest BCUT2D eigenvalue weighted by Gasteiger charge is -2.11. The topological polar surface area (TPSA) is 106 Å². The summed E-state index contributed by atoms with van der Waals surface area (Å²) in [5.41, 5.74) is 4.06. The van der Waals surface area contributed by atoms with Crippen molar-refractivity contribution in [2.24, 2.45) is 0 Å². The zero-order chi connectivity index (χ0) is 21.0. The highest BCUT2D eigenvalue weighted by atomic mass is 16.5. The van der Waals surface area contributed by atoms with Crippen molar-refractivity contribution in [1.29, 1.82) is 0 Å². The molecule has 8 nitrogen and oxygen atoms in total. The van der Waals surface area contributed by atoms with Crippen molar-refractivity contribution in [3.05, 3.63) is 77.4 Å². The summed E-state index contributed by atoms with van der Waals surface area (Å²) >= 11 is 0. The van der Waals surface area contributed by atoms with Crippen molar-refractivity contribution in [3.8, 4) is 17.2 Å². The first-order chi connectivity index (χ1) is 15.3. The second kappa shape index (κ2) is 8.43.